The number of amides is 1. The van der Waals surface area contributed by atoms with E-state index in [0.717, 1.165) is 5.57 Å². The topological polar surface area (TPSA) is 143 Å². The van der Waals surface area contributed by atoms with Gasteiger partial charge in [-0.1, -0.05) is 24.6 Å². The molecule has 1 aromatic carbocycles. The van der Waals surface area contributed by atoms with Crippen LogP contribution in [0.1, 0.15) is 24.9 Å². The second-order valence-electron chi connectivity index (χ2n) is 10.9. The normalized spacial score (nSPS) is 15.6. The SMILES string of the molecule is CCc1c(N2CCN(c3ncccc3O)CC2)c(=O)n2nc(C3=CCOCC3)nc2n1CC(=O)Nc1ccc(Cl)c2occc12. The van der Waals surface area contributed by atoms with E-state index >= 15 is 0 Å². The highest BCUT2D eigenvalue weighted by atomic mass is 35.5. The third-order valence-corrected chi connectivity index (χ3v) is 8.51. The molecule has 1 saturated heterocycles. The van der Waals surface area contributed by atoms with Crippen molar-refractivity contribution < 1.29 is 19.1 Å². The lowest BCUT2D eigenvalue weighted by atomic mass is 10.1. The number of nitrogens with zero attached hydrogens (tertiary/aromatic N) is 7. The van der Waals surface area contributed by atoms with Crippen LogP contribution in [0.5, 0.6) is 5.75 Å². The highest BCUT2D eigenvalue weighted by Gasteiger charge is 2.29. The van der Waals surface area contributed by atoms with Gasteiger partial charge in [-0.25, -0.2) is 4.98 Å². The molecular formula is C31H31ClN8O5. The summed E-state index contributed by atoms with van der Waals surface area (Å²) in [6, 6.07) is 8.45. The van der Waals surface area contributed by atoms with E-state index in [1.54, 1.807) is 41.1 Å². The molecule has 4 aromatic heterocycles. The molecule has 0 atom stereocenters. The van der Waals surface area contributed by atoms with E-state index in [9.17, 15) is 14.7 Å². The molecular weight excluding hydrogens is 600 g/mol. The zero-order valence-electron chi connectivity index (χ0n) is 24.6. The molecule has 2 aliphatic rings. The standard InChI is InChI=1S/C31H31ClN8O5/c1-2-23-26(37-11-13-38(14-12-37)29-24(41)4-3-10-33-29)30(43)40-31(35-28(36-40)19-7-15-44-16-8-19)39(23)18-25(42)34-22-6-5-21(32)27-20(22)9-17-45-27/h3-7,9-10,17,41H,2,8,11-16,18H2,1H3,(H,34,42). The Morgan fingerprint density at radius 1 is 1.13 bits per heavy atom. The Morgan fingerprint density at radius 2 is 1.96 bits per heavy atom. The summed E-state index contributed by atoms with van der Waals surface area (Å²) < 4.78 is 14.0. The fraction of sp³-hybridized carbons (Fsp3) is 0.323. The van der Waals surface area contributed by atoms with E-state index in [1.165, 1.54) is 10.8 Å². The third kappa shape index (κ3) is 5.27. The lowest BCUT2D eigenvalue weighted by Crippen LogP contribution is -2.49. The predicted octanol–water partition coefficient (Wildman–Crippen LogP) is 3.72. The van der Waals surface area contributed by atoms with Crippen molar-refractivity contribution in [2.75, 3.05) is 54.5 Å². The molecule has 1 amide bonds. The van der Waals surface area contributed by atoms with E-state index in [4.69, 9.17) is 25.7 Å². The molecule has 0 bridgehead atoms. The minimum Gasteiger partial charge on any atom is -0.504 e. The van der Waals surface area contributed by atoms with Crippen LogP contribution in [0, 0.1) is 0 Å². The Labute approximate surface area is 262 Å². The summed E-state index contributed by atoms with van der Waals surface area (Å²) in [7, 11) is 0. The van der Waals surface area contributed by atoms with Gasteiger partial charge in [0, 0.05) is 37.8 Å². The molecule has 0 radical (unpaired) electrons. The number of ether oxygens (including phenoxy) is 1. The number of aromatic nitrogens is 5. The lowest BCUT2D eigenvalue weighted by Gasteiger charge is -2.37. The minimum absolute atomic E-state index is 0.107. The average Bonchev–Trinajstić information content (AvgIpc) is 3.74. The van der Waals surface area contributed by atoms with Gasteiger partial charge in [-0.15, -0.1) is 5.10 Å². The molecule has 2 N–H and O–H groups in total. The van der Waals surface area contributed by atoms with Crippen molar-refractivity contribution in [2.24, 2.45) is 0 Å². The summed E-state index contributed by atoms with van der Waals surface area (Å²) in [6.07, 6.45) is 6.19. The number of piperazine rings is 1. The maximum atomic E-state index is 14.2. The summed E-state index contributed by atoms with van der Waals surface area (Å²) in [5.74, 6) is 1.05. The summed E-state index contributed by atoms with van der Waals surface area (Å²) >= 11 is 6.27. The van der Waals surface area contributed by atoms with Gasteiger partial charge in [0.2, 0.25) is 11.7 Å². The van der Waals surface area contributed by atoms with Crippen LogP contribution < -0.4 is 20.7 Å². The molecule has 0 unspecified atom stereocenters. The Bertz CT molecular complexity index is 2010. The van der Waals surface area contributed by atoms with Gasteiger partial charge in [-0.3, -0.25) is 9.59 Å². The van der Waals surface area contributed by atoms with Gasteiger partial charge in [0.25, 0.3) is 5.56 Å². The quantitative estimate of drug-likeness (QED) is 0.273. The first-order valence-corrected chi connectivity index (χ1v) is 15.2. The number of hydrogen-bond acceptors (Lipinski definition) is 10. The molecule has 45 heavy (non-hydrogen) atoms. The first-order valence-electron chi connectivity index (χ1n) is 14.8. The third-order valence-electron chi connectivity index (χ3n) is 8.22. The number of carbonyl (C=O) groups is 1. The largest absolute Gasteiger partial charge is 0.504 e. The van der Waals surface area contributed by atoms with Crippen molar-refractivity contribution in [3.8, 4) is 5.75 Å². The van der Waals surface area contributed by atoms with Crippen LogP contribution in [0.15, 0.2) is 58.1 Å². The number of carbonyl (C=O) groups excluding carboxylic acids is 1. The number of hydrogen-bond donors (Lipinski definition) is 2. The number of pyridine rings is 1. The van der Waals surface area contributed by atoms with Gasteiger partial charge in [0.1, 0.15) is 12.2 Å². The van der Waals surface area contributed by atoms with Gasteiger partial charge in [-0.2, -0.15) is 9.50 Å². The van der Waals surface area contributed by atoms with E-state index < -0.39 is 0 Å². The maximum absolute atomic E-state index is 14.2. The average molecular weight is 631 g/mol. The lowest BCUT2D eigenvalue weighted by molar-refractivity contribution is -0.116. The molecule has 6 heterocycles. The molecule has 0 saturated carbocycles. The van der Waals surface area contributed by atoms with Crippen LogP contribution >= 0.6 is 11.6 Å². The Morgan fingerprint density at radius 3 is 2.71 bits per heavy atom. The van der Waals surface area contributed by atoms with Gasteiger partial charge < -0.3 is 33.9 Å². The number of rotatable bonds is 7. The molecule has 13 nitrogen and oxygen atoms in total. The smallest absolute Gasteiger partial charge is 0.299 e. The zero-order chi connectivity index (χ0) is 31.1. The van der Waals surface area contributed by atoms with Crippen molar-refractivity contribution in [3.05, 3.63) is 75.8 Å². The van der Waals surface area contributed by atoms with Crippen LogP contribution in [0.3, 0.4) is 0 Å². The Kier molecular flexibility index (Phi) is 7.63. The van der Waals surface area contributed by atoms with E-state index in [2.05, 4.69) is 15.4 Å². The van der Waals surface area contributed by atoms with Crippen molar-refractivity contribution >= 4 is 57.0 Å². The Balaban J connectivity index is 1.27. The monoisotopic (exact) mass is 630 g/mol. The number of anilines is 3. The molecule has 232 valence electrons. The predicted molar refractivity (Wildman–Crippen MR) is 170 cm³/mol. The van der Waals surface area contributed by atoms with Crippen LogP contribution in [0.25, 0.3) is 22.3 Å². The van der Waals surface area contributed by atoms with Crippen molar-refractivity contribution in [1.29, 1.82) is 0 Å². The minimum atomic E-state index is -0.309. The molecule has 1 fully saturated rings. The highest BCUT2D eigenvalue weighted by molar-refractivity contribution is 6.35. The van der Waals surface area contributed by atoms with Crippen molar-refractivity contribution in [1.82, 2.24) is 24.1 Å². The number of fused-ring (bicyclic) bond motifs is 2. The number of benzene rings is 1. The van der Waals surface area contributed by atoms with Crippen LogP contribution in [0.2, 0.25) is 5.02 Å². The van der Waals surface area contributed by atoms with Gasteiger partial charge in [0.15, 0.2) is 23.0 Å². The Hall–Kier alpha value is -4.88. The second-order valence-corrected chi connectivity index (χ2v) is 11.3. The van der Waals surface area contributed by atoms with Gasteiger partial charge in [-0.05, 0) is 48.7 Å². The first kappa shape index (κ1) is 28.9. The maximum Gasteiger partial charge on any atom is 0.299 e. The van der Waals surface area contributed by atoms with Crippen LogP contribution in [-0.4, -0.2) is 74.6 Å². The van der Waals surface area contributed by atoms with Crippen LogP contribution in [-0.2, 0) is 22.5 Å². The number of aromatic hydroxyl groups is 1. The van der Waals surface area contributed by atoms with Crippen molar-refractivity contribution in [2.45, 2.75) is 26.3 Å². The summed E-state index contributed by atoms with van der Waals surface area (Å²) in [4.78, 5) is 40.9. The van der Waals surface area contributed by atoms with E-state index in [-0.39, 0.29) is 23.8 Å². The molecule has 2 aliphatic heterocycles. The highest BCUT2D eigenvalue weighted by Crippen LogP contribution is 2.31. The fourth-order valence-electron chi connectivity index (χ4n) is 6.04. The zero-order valence-corrected chi connectivity index (χ0v) is 25.3. The first-order chi connectivity index (χ1) is 21.9. The van der Waals surface area contributed by atoms with Gasteiger partial charge >= 0.3 is 0 Å². The molecule has 5 aromatic rings. The summed E-state index contributed by atoms with van der Waals surface area (Å²) in [5, 5.41) is 19.1. The van der Waals surface area contributed by atoms with Gasteiger partial charge in [0.05, 0.1) is 35.9 Å². The number of furan rings is 1. The molecule has 14 heteroatoms. The number of halogens is 1. The van der Waals surface area contributed by atoms with Crippen molar-refractivity contribution in [3.63, 3.8) is 0 Å². The summed E-state index contributed by atoms with van der Waals surface area (Å²) in [6.45, 7) is 4.92. The fourth-order valence-corrected chi connectivity index (χ4v) is 6.25. The van der Waals surface area contributed by atoms with E-state index in [0.29, 0.717) is 103 Å². The van der Waals surface area contributed by atoms with E-state index in [1.807, 2.05) is 22.8 Å². The number of nitrogens with one attached hydrogen (secondary N) is 1. The molecule has 7 rings (SSSR count). The summed E-state index contributed by atoms with van der Waals surface area (Å²) in [5.41, 5.74) is 2.81. The molecule has 0 spiro atoms. The second kappa shape index (κ2) is 11.9. The van der Waals surface area contributed by atoms with Crippen LogP contribution in [0.4, 0.5) is 17.2 Å². The molecule has 0 aliphatic carbocycles.